The molecule has 0 radical (unpaired) electrons. The molecule has 1 amide bonds. The Bertz CT molecular complexity index is 1380. The second kappa shape index (κ2) is 9.67. The number of amides is 1. The standard InChI is InChI=1S/C22H22F3N7O3/c1-3-4-10-32-16-17(28-20(32)31-11-8-26-9-12-31)29-21(30(2)18(16)33)35-15-7-5-6-14(13-15)27-19(34)22(23,24)25/h5-7,13,26H,8-12H2,1-2H3,(H,27,34). The van der Waals surface area contributed by atoms with E-state index in [-0.39, 0.29) is 35.2 Å². The first kappa shape index (κ1) is 24.1. The van der Waals surface area contributed by atoms with Gasteiger partial charge in [-0.1, -0.05) is 12.0 Å². The zero-order valence-corrected chi connectivity index (χ0v) is 18.9. The molecule has 2 N–H and O–H groups in total. The fourth-order valence-electron chi connectivity index (χ4n) is 3.58. The van der Waals surface area contributed by atoms with Gasteiger partial charge in [0.25, 0.3) is 5.56 Å². The number of carbonyl (C=O) groups excluding carboxylic acids is 1. The molecule has 1 saturated heterocycles. The van der Waals surface area contributed by atoms with E-state index < -0.39 is 17.6 Å². The molecule has 0 aliphatic carbocycles. The van der Waals surface area contributed by atoms with Gasteiger partial charge in [-0.25, -0.2) is 0 Å². The number of nitrogens with one attached hydrogen (secondary N) is 2. The van der Waals surface area contributed by atoms with Gasteiger partial charge in [0.15, 0.2) is 11.2 Å². The minimum absolute atomic E-state index is 0.0745. The summed E-state index contributed by atoms with van der Waals surface area (Å²) in [5.41, 5.74) is -0.115. The van der Waals surface area contributed by atoms with Crippen LogP contribution in [0.4, 0.5) is 24.8 Å². The quantitative estimate of drug-likeness (QED) is 0.527. The number of carbonyl (C=O) groups is 1. The average molecular weight is 489 g/mol. The first-order chi connectivity index (χ1) is 16.7. The summed E-state index contributed by atoms with van der Waals surface area (Å²) in [5, 5.41) is 5.02. The van der Waals surface area contributed by atoms with E-state index >= 15 is 0 Å². The number of ether oxygens (including phenoxy) is 1. The predicted octanol–water partition coefficient (Wildman–Crippen LogP) is 1.86. The van der Waals surface area contributed by atoms with Gasteiger partial charge in [0.2, 0.25) is 5.95 Å². The summed E-state index contributed by atoms with van der Waals surface area (Å²) in [5.74, 6) is 4.33. The van der Waals surface area contributed by atoms with E-state index in [1.807, 2.05) is 4.90 Å². The average Bonchev–Trinajstić information content (AvgIpc) is 3.19. The fourth-order valence-corrected chi connectivity index (χ4v) is 3.58. The molecular weight excluding hydrogens is 467 g/mol. The van der Waals surface area contributed by atoms with E-state index in [1.165, 1.54) is 35.9 Å². The summed E-state index contributed by atoms with van der Waals surface area (Å²) in [6.07, 6.45) is -5.03. The highest BCUT2D eigenvalue weighted by atomic mass is 19.4. The normalized spacial score (nSPS) is 13.9. The Labute approximate surface area is 197 Å². The second-order valence-corrected chi connectivity index (χ2v) is 7.67. The SMILES string of the molecule is CC#CCn1c(N2CCNCC2)nc2nc(Oc3cccc(NC(=O)C(F)(F)F)c3)n(C)c(=O)c21. The van der Waals surface area contributed by atoms with Crippen LogP contribution in [0.25, 0.3) is 11.2 Å². The number of aromatic nitrogens is 4. The van der Waals surface area contributed by atoms with E-state index in [0.717, 1.165) is 13.1 Å². The van der Waals surface area contributed by atoms with Gasteiger partial charge >= 0.3 is 18.1 Å². The molecule has 1 fully saturated rings. The van der Waals surface area contributed by atoms with Gasteiger partial charge in [-0.3, -0.25) is 18.7 Å². The van der Waals surface area contributed by atoms with E-state index in [2.05, 4.69) is 27.1 Å². The molecule has 184 valence electrons. The van der Waals surface area contributed by atoms with Gasteiger partial charge in [0, 0.05) is 45.0 Å². The van der Waals surface area contributed by atoms with E-state index in [0.29, 0.717) is 19.0 Å². The Morgan fingerprint density at radius 3 is 2.69 bits per heavy atom. The number of anilines is 2. The summed E-state index contributed by atoms with van der Waals surface area (Å²) in [6.45, 7) is 4.89. The number of hydrogen-bond donors (Lipinski definition) is 2. The van der Waals surface area contributed by atoms with Crippen LogP contribution < -0.4 is 25.8 Å². The van der Waals surface area contributed by atoms with Crippen LogP contribution >= 0.6 is 0 Å². The van der Waals surface area contributed by atoms with Crippen molar-refractivity contribution in [1.82, 2.24) is 24.4 Å². The topological polar surface area (TPSA) is 106 Å². The summed E-state index contributed by atoms with van der Waals surface area (Å²) in [6, 6.07) is 5.23. The zero-order valence-electron chi connectivity index (χ0n) is 18.9. The van der Waals surface area contributed by atoms with Crippen LogP contribution in [0.5, 0.6) is 11.8 Å². The summed E-state index contributed by atoms with van der Waals surface area (Å²) in [4.78, 5) is 35.5. The zero-order chi connectivity index (χ0) is 25.2. The van der Waals surface area contributed by atoms with Gasteiger partial charge in [-0.05, 0) is 19.1 Å². The number of nitrogens with zero attached hydrogens (tertiary/aromatic N) is 5. The van der Waals surface area contributed by atoms with E-state index in [9.17, 15) is 22.8 Å². The number of benzene rings is 1. The van der Waals surface area contributed by atoms with Crippen molar-refractivity contribution >= 4 is 28.7 Å². The number of imidazole rings is 1. The third-order valence-electron chi connectivity index (χ3n) is 5.30. The second-order valence-electron chi connectivity index (χ2n) is 7.67. The lowest BCUT2D eigenvalue weighted by molar-refractivity contribution is -0.167. The minimum Gasteiger partial charge on any atom is -0.425 e. The van der Waals surface area contributed by atoms with Crippen LogP contribution in [0.2, 0.25) is 0 Å². The smallest absolute Gasteiger partial charge is 0.425 e. The van der Waals surface area contributed by atoms with Crippen molar-refractivity contribution in [2.45, 2.75) is 19.6 Å². The van der Waals surface area contributed by atoms with Crippen molar-refractivity contribution in [3.63, 3.8) is 0 Å². The Kier molecular flexibility index (Phi) is 6.65. The van der Waals surface area contributed by atoms with Crippen LogP contribution in [0.1, 0.15) is 6.92 Å². The molecule has 10 nitrogen and oxygen atoms in total. The molecule has 4 rings (SSSR count). The van der Waals surface area contributed by atoms with Crippen molar-refractivity contribution in [2.24, 2.45) is 7.05 Å². The molecule has 0 bridgehead atoms. The number of hydrogen-bond acceptors (Lipinski definition) is 7. The molecule has 0 atom stereocenters. The van der Waals surface area contributed by atoms with E-state index in [1.54, 1.807) is 16.8 Å². The van der Waals surface area contributed by atoms with Crippen LogP contribution in [0, 0.1) is 11.8 Å². The van der Waals surface area contributed by atoms with Gasteiger partial charge in [0.1, 0.15) is 5.75 Å². The maximum absolute atomic E-state index is 13.3. The molecule has 3 aromatic rings. The molecule has 1 aromatic carbocycles. The maximum Gasteiger partial charge on any atom is 0.471 e. The number of piperazine rings is 1. The molecule has 2 aromatic heterocycles. The van der Waals surface area contributed by atoms with Crippen LogP contribution in [0.3, 0.4) is 0 Å². The van der Waals surface area contributed by atoms with Gasteiger partial charge < -0.3 is 20.3 Å². The van der Waals surface area contributed by atoms with Crippen molar-refractivity contribution < 1.29 is 22.7 Å². The maximum atomic E-state index is 13.3. The van der Waals surface area contributed by atoms with Crippen molar-refractivity contribution in [3.05, 3.63) is 34.6 Å². The molecule has 35 heavy (non-hydrogen) atoms. The Hall–Kier alpha value is -4.05. The summed E-state index contributed by atoms with van der Waals surface area (Å²) in [7, 11) is 1.46. The Morgan fingerprint density at radius 2 is 2.00 bits per heavy atom. The lowest BCUT2D eigenvalue weighted by Gasteiger charge is -2.28. The highest BCUT2D eigenvalue weighted by molar-refractivity contribution is 5.95. The highest BCUT2D eigenvalue weighted by Crippen LogP contribution is 2.26. The summed E-state index contributed by atoms with van der Waals surface area (Å²) >= 11 is 0. The van der Waals surface area contributed by atoms with Crippen molar-refractivity contribution in [1.29, 1.82) is 0 Å². The third kappa shape index (κ3) is 5.07. The molecule has 1 aliphatic rings. The van der Waals surface area contributed by atoms with Gasteiger partial charge in [0.05, 0.1) is 6.54 Å². The highest BCUT2D eigenvalue weighted by Gasteiger charge is 2.38. The van der Waals surface area contributed by atoms with Crippen LogP contribution in [0.15, 0.2) is 29.1 Å². The fraction of sp³-hybridized carbons (Fsp3) is 0.364. The van der Waals surface area contributed by atoms with Crippen molar-refractivity contribution in [3.8, 4) is 23.6 Å². The molecule has 1 aliphatic heterocycles. The number of rotatable bonds is 5. The molecule has 13 heteroatoms. The number of halogens is 3. The molecule has 0 spiro atoms. The molecule has 0 saturated carbocycles. The van der Waals surface area contributed by atoms with Gasteiger partial charge in [-0.2, -0.15) is 23.1 Å². The summed E-state index contributed by atoms with van der Waals surface area (Å²) < 4.78 is 46.3. The number of fused-ring (bicyclic) bond motifs is 1. The first-order valence-corrected chi connectivity index (χ1v) is 10.7. The first-order valence-electron chi connectivity index (χ1n) is 10.7. The van der Waals surface area contributed by atoms with Crippen molar-refractivity contribution in [2.75, 3.05) is 36.4 Å². The number of alkyl halides is 3. The van der Waals surface area contributed by atoms with Crippen LogP contribution in [-0.4, -0.2) is 57.4 Å². The predicted molar refractivity (Wildman–Crippen MR) is 123 cm³/mol. The minimum atomic E-state index is -5.03. The van der Waals surface area contributed by atoms with Gasteiger partial charge in [-0.15, -0.1) is 5.92 Å². The van der Waals surface area contributed by atoms with Crippen LogP contribution in [-0.2, 0) is 18.4 Å². The Balaban J connectivity index is 1.71. The van der Waals surface area contributed by atoms with E-state index in [4.69, 9.17) is 4.74 Å². The lowest BCUT2D eigenvalue weighted by Crippen LogP contribution is -2.44. The lowest BCUT2D eigenvalue weighted by atomic mass is 10.3. The molecular formula is C22H22F3N7O3. The Morgan fingerprint density at radius 1 is 1.26 bits per heavy atom. The largest absolute Gasteiger partial charge is 0.471 e. The molecule has 3 heterocycles. The third-order valence-corrected chi connectivity index (χ3v) is 5.30. The molecule has 0 unspecified atom stereocenters. The monoisotopic (exact) mass is 489 g/mol.